The second-order valence-electron chi connectivity index (χ2n) is 8.97. The first-order valence-corrected chi connectivity index (χ1v) is 13.0. The van der Waals surface area contributed by atoms with Crippen LogP contribution in [0.25, 0.3) is 0 Å². The number of nitrogens with one attached hydrogen (secondary N) is 2. The Morgan fingerprint density at radius 2 is 2.00 bits per heavy atom. The van der Waals surface area contributed by atoms with Crippen LogP contribution in [0.15, 0.2) is 36.4 Å². The van der Waals surface area contributed by atoms with Gasteiger partial charge in [0.25, 0.3) is 0 Å². The summed E-state index contributed by atoms with van der Waals surface area (Å²) in [6.07, 6.45) is 4.01. The zero-order chi connectivity index (χ0) is 22.0. The number of fused-ring (bicyclic) bond motifs is 1. The monoisotopic (exact) mass is 464 g/mol. The highest BCUT2D eigenvalue weighted by Gasteiger charge is 2.33. The van der Waals surface area contributed by atoms with E-state index in [9.17, 15) is 12.8 Å². The fourth-order valence-electron chi connectivity index (χ4n) is 4.74. The molecule has 2 aliphatic carbocycles. The zero-order valence-corrected chi connectivity index (χ0v) is 19.4. The van der Waals surface area contributed by atoms with Crippen LogP contribution in [0, 0.1) is 17.7 Å². The normalized spacial score (nSPS) is 20.7. The van der Waals surface area contributed by atoms with Gasteiger partial charge in [0.2, 0.25) is 10.0 Å². The van der Waals surface area contributed by atoms with Crippen molar-refractivity contribution in [2.24, 2.45) is 11.8 Å². The fourth-order valence-corrected chi connectivity index (χ4v) is 6.43. The van der Waals surface area contributed by atoms with Gasteiger partial charge in [-0.3, -0.25) is 0 Å². The highest BCUT2D eigenvalue weighted by Crippen LogP contribution is 2.41. The Hall–Kier alpha value is -1.47. The number of hydrogen-bond acceptors (Lipinski definition) is 3. The van der Waals surface area contributed by atoms with Gasteiger partial charge in [0, 0.05) is 11.6 Å². The predicted molar refractivity (Wildman–Crippen MR) is 124 cm³/mol. The van der Waals surface area contributed by atoms with Crippen LogP contribution in [0.1, 0.15) is 41.0 Å². The van der Waals surface area contributed by atoms with E-state index in [1.807, 2.05) is 31.3 Å². The molecule has 0 aromatic heterocycles. The van der Waals surface area contributed by atoms with E-state index in [0.717, 1.165) is 42.8 Å². The third-order valence-electron chi connectivity index (χ3n) is 6.44. The van der Waals surface area contributed by atoms with Crippen LogP contribution in [0.3, 0.4) is 0 Å². The van der Waals surface area contributed by atoms with Gasteiger partial charge in [0.1, 0.15) is 5.82 Å². The Kier molecular flexibility index (Phi) is 7.01. The summed E-state index contributed by atoms with van der Waals surface area (Å²) in [5, 5.41) is 4.00. The van der Waals surface area contributed by atoms with E-state index >= 15 is 0 Å². The number of halogens is 2. The lowest BCUT2D eigenvalue weighted by molar-refractivity contribution is 0.436. The van der Waals surface area contributed by atoms with Crippen LogP contribution in [0.2, 0.25) is 5.02 Å². The summed E-state index contributed by atoms with van der Waals surface area (Å²) in [4.78, 5) is 0. The molecule has 4 nitrogen and oxygen atoms in total. The first kappa shape index (κ1) is 22.7. The van der Waals surface area contributed by atoms with Gasteiger partial charge in [-0.05, 0) is 104 Å². The van der Waals surface area contributed by atoms with Crippen molar-refractivity contribution in [2.75, 3.05) is 25.9 Å². The summed E-state index contributed by atoms with van der Waals surface area (Å²) in [6.45, 7) is 1.08. The van der Waals surface area contributed by atoms with Crippen LogP contribution in [-0.2, 0) is 29.3 Å². The quantitative estimate of drug-likeness (QED) is 0.557. The first-order chi connectivity index (χ1) is 14.8. The molecule has 2 atom stereocenters. The topological polar surface area (TPSA) is 58.2 Å². The average Bonchev–Trinajstić information content (AvgIpc) is 3.45. The molecule has 0 aliphatic heterocycles. The minimum Gasteiger partial charge on any atom is -0.319 e. The molecular weight excluding hydrogens is 435 g/mol. The second kappa shape index (κ2) is 9.57. The molecule has 0 heterocycles. The lowest BCUT2D eigenvalue weighted by atomic mass is 9.86. The molecule has 2 unspecified atom stereocenters. The summed E-state index contributed by atoms with van der Waals surface area (Å²) in [6, 6.07) is 11.5. The standard InChI is InChI=1S/C24H30ClFN2O2S/c1-27-14-20-11-19-13-24(26)18(7-8-28-31(29,30)15-16-5-6-16)12-23(19)22(20)10-17-3-2-4-21(25)9-17/h2-4,9,12-13,16,20,22,27-28H,5-8,10-11,14-15H2,1H3. The largest absolute Gasteiger partial charge is 0.319 e. The van der Waals surface area contributed by atoms with Crippen molar-refractivity contribution in [1.29, 1.82) is 0 Å². The highest BCUT2D eigenvalue weighted by molar-refractivity contribution is 7.89. The van der Waals surface area contributed by atoms with Crippen molar-refractivity contribution in [3.05, 3.63) is 69.5 Å². The van der Waals surface area contributed by atoms with Gasteiger partial charge in [0.15, 0.2) is 0 Å². The van der Waals surface area contributed by atoms with E-state index in [2.05, 4.69) is 16.1 Å². The Balaban J connectivity index is 1.51. The van der Waals surface area contributed by atoms with E-state index in [-0.39, 0.29) is 24.0 Å². The molecule has 0 spiro atoms. The van der Waals surface area contributed by atoms with Crippen molar-refractivity contribution >= 4 is 21.6 Å². The molecular formula is C24H30ClFN2O2S. The van der Waals surface area contributed by atoms with E-state index in [1.165, 1.54) is 11.1 Å². The van der Waals surface area contributed by atoms with E-state index in [0.29, 0.717) is 23.8 Å². The molecule has 2 N–H and O–H groups in total. The fraction of sp³-hybridized carbons (Fsp3) is 0.500. The predicted octanol–water partition coefficient (Wildman–Crippen LogP) is 4.07. The molecule has 31 heavy (non-hydrogen) atoms. The number of rotatable bonds is 10. The van der Waals surface area contributed by atoms with E-state index in [1.54, 1.807) is 6.07 Å². The van der Waals surface area contributed by atoms with Crippen LogP contribution in [0.4, 0.5) is 4.39 Å². The maximum absolute atomic E-state index is 14.8. The lowest BCUT2D eigenvalue weighted by Gasteiger charge is -2.21. The van der Waals surface area contributed by atoms with Crippen molar-refractivity contribution in [3.8, 4) is 0 Å². The van der Waals surface area contributed by atoms with Crippen molar-refractivity contribution < 1.29 is 12.8 Å². The summed E-state index contributed by atoms with van der Waals surface area (Å²) < 4.78 is 41.7. The molecule has 0 radical (unpaired) electrons. The van der Waals surface area contributed by atoms with Crippen molar-refractivity contribution in [3.63, 3.8) is 0 Å². The van der Waals surface area contributed by atoms with E-state index in [4.69, 9.17) is 11.6 Å². The molecule has 0 amide bonds. The molecule has 168 valence electrons. The second-order valence-corrected chi connectivity index (χ2v) is 11.3. The summed E-state index contributed by atoms with van der Waals surface area (Å²) in [7, 11) is -1.33. The minimum absolute atomic E-state index is 0.188. The number of sulfonamides is 1. The number of benzene rings is 2. The van der Waals surface area contributed by atoms with Gasteiger partial charge in [-0.1, -0.05) is 29.8 Å². The number of hydrogen-bond donors (Lipinski definition) is 2. The molecule has 2 aromatic rings. The van der Waals surface area contributed by atoms with Gasteiger partial charge in [0.05, 0.1) is 5.75 Å². The SMILES string of the molecule is CNCC1Cc2cc(F)c(CCNS(=O)(=O)CC3CC3)cc2C1Cc1cccc(Cl)c1. The maximum atomic E-state index is 14.8. The van der Waals surface area contributed by atoms with Crippen LogP contribution < -0.4 is 10.0 Å². The molecule has 0 bridgehead atoms. The molecule has 7 heteroatoms. The minimum atomic E-state index is -3.28. The van der Waals surface area contributed by atoms with Crippen molar-refractivity contribution in [1.82, 2.24) is 10.0 Å². The van der Waals surface area contributed by atoms with Gasteiger partial charge >= 0.3 is 0 Å². The zero-order valence-electron chi connectivity index (χ0n) is 17.8. The molecule has 2 aromatic carbocycles. The Labute approximate surface area is 189 Å². The smallest absolute Gasteiger partial charge is 0.211 e. The highest BCUT2D eigenvalue weighted by atomic mass is 35.5. The first-order valence-electron chi connectivity index (χ1n) is 11.0. The Morgan fingerprint density at radius 3 is 2.71 bits per heavy atom. The van der Waals surface area contributed by atoms with Crippen LogP contribution >= 0.6 is 11.6 Å². The van der Waals surface area contributed by atoms with Gasteiger partial charge in [-0.2, -0.15) is 0 Å². The lowest BCUT2D eigenvalue weighted by Crippen LogP contribution is -2.29. The molecule has 1 fully saturated rings. The summed E-state index contributed by atoms with van der Waals surface area (Å²) in [5.74, 6) is 0.891. The summed E-state index contributed by atoms with van der Waals surface area (Å²) in [5.41, 5.74) is 3.99. The van der Waals surface area contributed by atoms with Crippen molar-refractivity contribution in [2.45, 2.75) is 38.0 Å². The Morgan fingerprint density at radius 1 is 1.19 bits per heavy atom. The third kappa shape index (κ3) is 5.86. The Bertz CT molecular complexity index is 1040. The molecule has 1 saturated carbocycles. The van der Waals surface area contributed by atoms with Gasteiger partial charge in [-0.25, -0.2) is 17.5 Å². The van der Waals surface area contributed by atoms with E-state index < -0.39 is 10.0 Å². The van der Waals surface area contributed by atoms with Gasteiger partial charge in [-0.15, -0.1) is 0 Å². The average molecular weight is 465 g/mol. The van der Waals surface area contributed by atoms with Gasteiger partial charge < -0.3 is 5.32 Å². The van der Waals surface area contributed by atoms with Crippen LogP contribution in [-0.4, -0.2) is 34.3 Å². The third-order valence-corrected chi connectivity index (χ3v) is 8.23. The molecule has 0 saturated heterocycles. The summed E-state index contributed by atoms with van der Waals surface area (Å²) >= 11 is 6.19. The maximum Gasteiger partial charge on any atom is 0.211 e. The van der Waals surface area contributed by atoms with Crippen LogP contribution in [0.5, 0.6) is 0 Å². The molecule has 4 rings (SSSR count). The molecule has 2 aliphatic rings.